The van der Waals surface area contributed by atoms with E-state index in [1.165, 1.54) is 60.8 Å². The van der Waals surface area contributed by atoms with Crippen molar-refractivity contribution in [1.29, 1.82) is 0 Å². The van der Waals surface area contributed by atoms with Crippen molar-refractivity contribution in [1.82, 2.24) is 0 Å². The Morgan fingerprint density at radius 1 is 0.444 bits per heavy atom. The van der Waals surface area contributed by atoms with Crippen LogP contribution in [0.15, 0.2) is 140 Å². The van der Waals surface area contributed by atoms with Crippen molar-refractivity contribution in [3.63, 3.8) is 0 Å². The van der Waals surface area contributed by atoms with E-state index in [9.17, 15) is 0 Å². The molecular weight excluding hydrogens is 432 g/mol. The molecule has 0 bridgehead atoms. The lowest BCUT2D eigenvalue weighted by atomic mass is 9.67. The van der Waals surface area contributed by atoms with E-state index in [0.29, 0.717) is 0 Å². The number of rotatable bonds is 3. The lowest BCUT2D eigenvalue weighted by Gasteiger charge is -2.33. The summed E-state index contributed by atoms with van der Waals surface area (Å²) in [5.41, 5.74) is 11.4. The van der Waals surface area contributed by atoms with Crippen LogP contribution < -0.4 is 0 Å². The Kier molecular flexibility index (Phi) is 4.69. The largest absolute Gasteiger partial charge is 0.0713 e. The highest BCUT2D eigenvalue weighted by Gasteiger charge is 2.45. The van der Waals surface area contributed by atoms with Crippen LogP contribution in [0.4, 0.5) is 0 Å². The monoisotopic (exact) mass is 458 g/mol. The van der Waals surface area contributed by atoms with E-state index >= 15 is 0 Å². The molecule has 0 nitrogen and oxygen atoms in total. The van der Waals surface area contributed by atoms with Gasteiger partial charge in [0.1, 0.15) is 0 Å². The predicted octanol–water partition coefficient (Wildman–Crippen LogP) is 9.18. The van der Waals surface area contributed by atoms with Gasteiger partial charge in [0.2, 0.25) is 0 Å². The number of hydrogen-bond donors (Lipinski definition) is 0. The molecule has 0 aromatic heterocycles. The van der Waals surface area contributed by atoms with Gasteiger partial charge in [0.15, 0.2) is 0 Å². The molecule has 1 aliphatic carbocycles. The summed E-state index contributed by atoms with van der Waals surface area (Å²) in [5.74, 6) is 0. The Balaban J connectivity index is 1.56. The minimum Gasteiger partial charge on any atom is -0.0622 e. The smallest absolute Gasteiger partial charge is 0.0622 e. The predicted molar refractivity (Wildman–Crippen MR) is 151 cm³/mol. The topological polar surface area (TPSA) is 0 Å². The highest BCUT2D eigenvalue weighted by Crippen LogP contribution is 2.56. The lowest BCUT2D eigenvalue weighted by molar-refractivity contribution is 0.768. The summed E-state index contributed by atoms with van der Waals surface area (Å²) in [5, 5.41) is 2.59. The van der Waals surface area contributed by atoms with Gasteiger partial charge in [-0.05, 0) is 73.8 Å². The fourth-order valence-electron chi connectivity index (χ4n) is 6.32. The Labute approximate surface area is 212 Å². The molecule has 0 heterocycles. The number of fused-ring (bicyclic) bond motifs is 4. The highest BCUT2D eigenvalue weighted by molar-refractivity contribution is 5.99. The Morgan fingerprint density at radius 3 is 1.81 bits per heavy atom. The molecule has 0 unspecified atom stereocenters. The quantitative estimate of drug-likeness (QED) is 0.248. The van der Waals surface area contributed by atoms with Crippen LogP contribution in [0.3, 0.4) is 0 Å². The highest BCUT2D eigenvalue weighted by atomic mass is 14.5. The van der Waals surface area contributed by atoms with E-state index in [1.54, 1.807) is 0 Å². The summed E-state index contributed by atoms with van der Waals surface area (Å²) >= 11 is 0. The van der Waals surface area contributed by atoms with Gasteiger partial charge in [-0.2, -0.15) is 0 Å². The maximum absolute atomic E-state index is 2.42. The van der Waals surface area contributed by atoms with Crippen LogP contribution in [-0.2, 0) is 5.41 Å². The van der Waals surface area contributed by atoms with E-state index in [2.05, 4.69) is 146 Å². The van der Waals surface area contributed by atoms with Crippen LogP contribution in [-0.4, -0.2) is 0 Å². The van der Waals surface area contributed by atoms with E-state index < -0.39 is 0 Å². The Bertz CT molecular complexity index is 1690. The summed E-state index contributed by atoms with van der Waals surface area (Å²) in [6.45, 7) is 2.19. The Hall–Kier alpha value is -4.42. The average Bonchev–Trinajstić information content (AvgIpc) is 3.24. The van der Waals surface area contributed by atoms with Crippen molar-refractivity contribution in [3.05, 3.63) is 167 Å². The third-order valence-electron chi connectivity index (χ3n) is 7.78. The van der Waals surface area contributed by atoms with Gasteiger partial charge in [0, 0.05) is 0 Å². The molecule has 6 aromatic carbocycles. The van der Waals surface area contributed by atoms with Crippen LogP contribution in [0, 0.1) is 6.92 Å². The van der Waals surface area contributed by atoms with Crippen molar-refractivity contribution in [2.45, 2.75) is 12.3 Å². The second kappa shape index (κ2) is 8.07. The van der Waals surface area contributed by atoms with E-state index in [0.717, 1.165) is 0 Å². The first kappa shape index (κ1) is 20.9. The van der Waals surface area contributed by atoms with E-state index in [4.69, 9.17) is 0 Å². The van der Waals surface area contributed by atoms with Gasteiger partial charge in [-0.25, -0.2) is 0 Å². The van der Waals surface area contributed by atoms with Crippen LogP contribution >= 0.6 is 0 Å². The molecule has 0 fully saturated rings. The van der Waals surface area contributed by atoms with Gasteiger partial charge in [-0.15, -0.1) is 0 Å². The van der Waals surface area contributed by atoms with Gasteiger partial charge in [-0.1, -0.05) is 133 Å². The SMILES string of the molecule is Cc1cc(-c2ccc3c(c2)-c2ccccc2C3(c2ccccc2)c2ccccc2)c2ccccc2c1. The molecule has 36 heavy (non-hydrogen) atoms. The normalized spacial score (nSPS) is 13.4. The fourth-order valence-corrected chi connectivity index (χ4v) is 6.32. The van der Waals surface area contributed by atoms with Crippen molar-refractivity contribution in [2.75, 3.05) is 0 Å². The molecule has 0 saturated heterocycles. The van der Waals surface area contributed by atoms with Crippen LogP contribution in [0.25, 0.3) is 33.0 Å². The second-order valence-corrected chi connectivity index (χ2v) is 9.82. The first-order chi connectivity index (χ1) is 17.8. The van der Waals surface area contributed by atoms with E-state index in [-0.39, 0.29) is 5.41 Å². The first-order valence-corrected chi connectivity index (χ1v) is 12.6. The fraction of sp³-hybridized carbons (Fsp3) is 0.0556. The van der Waals surface area contributed by atoms with Gasteiger partial charge < -0.3 is 0 Å². The Morgan fingerprint density at radius 2 is 1.06 bits per heavy atom. The molecule has 0 spiro atoms. The third-order valence-corrected chi connectivity index (χ3v) is 7.78. The van der Waals surface area contributed by atoms with Crippen molar-refractivity contribution in [2.24, 2.45) is 0 Å². The molecule has 7 rings (SSSR count). The molecule has 0 heteroatoms. The molecule has 170 valence electrons. The number of hydrogen-bond acceptors (Lipinski definition) is 0. The van der Waals surface area contributed by atoms with Gasteiger partial charge in [0.05, 0.1) is 5.41 Å². The summed E-state index contributed by atoms with van der Waals surface area (Å²) in [7, 11) is 0. The lowest BCUT2D eigenvalue weighted by Crippen LogP contribution is -2.28. The molecule has 6 aromatic rings. The molecule has 0 radical (unpaired) electrons. The van der Waals surface area contributed by atoms with Gasteiger partial charge >= 0.3 is 0 Å². The minimum absolute atomic E-state index is 0.346. The number of aryl methyl sites for hydroxylation is 1. The summed E-state index contributed by atoms with van der Waals surface area (Å²) in [6, 6.07) is 51.4. The zero-order valence-corrected chi connectivity index (χ0v) is 20.3. The molecule has 0 atom stereocenters. The maximum Gasteiger partial charge on any atom is 0.0713 e. The zero-order chi connectivity index (χ0) is 24.1. The molecule has 0 aliphatic heterocycles. The average molecular weight is 459 g/mol. The molecule has 1 aliphatic rings. The second-order valence-electron chi connectivity index (χ2n) is 9.82. The molecule has 0 amide bonds. The summed E-state index contributed by atoms with van der Waals surface area (Å²) in [6.07, 6.45) is 0. The van der Waals surface area contributed by atoms with Crippen LogP contribution in [0.2, 0.25) is 0 Å². The van der Waals surface area contributed by atoms with E-state index in [1.807, 2.05) is 0 Å². The standard InChI is InChI=1S/C36H26/c1-25-22-26-12-8-9-17-30(26)32(23-25)27-20-21-35-33(24-27)31-18-10-11-19-34(31)36(35,28-13-4-2-5-14-28)29-15-6-3-7-16-29/h2-24H,1H3. The molecular formula is C36H26. The third kappa shape index (κ3) is 2.94. The molecule has 0 saturated carbocycles. The summed E-state index contributed by atoms with van der Waals surface area (Å²) < 4.78 is 0. The number of benzene rings is 6. The zero-order valence-electron chi connectivity index (χ0n) is 20.3. The maximum atomic E-state index is 2.42. The molecule has 0 N–H and O–H groups in total. The van der Waals surface area contributed by atoms with Crippen molar-refractivity contribution >= 4 is 10.8 Å². The van der Waals surface area contributed by atoms with Crippen molar-refractivity contribution in [3.8, 4) is 22.3 Å². The summed E-state index contributed by atoms with van der Waals surface area (Å²) in [4.78, 5) is 0. The first-order valence-electron chi connectivity index (χ1n) is 12.6. The van der Waals surface area contributed by atoms with Gasteiger partial charge in [-0.3, -0.25) is 0 Å². The van der Waals surface area contributed by atoms with Crippen LogP contribution in [0.1, 0.15) is 27.8 Å². The minimum atomic E-state index is -0.346. The van der Waals surface area contributed by atoms with Gasteiger partial charge in [0.25, 0.3) is 0 Å². The van der Waals surface area contributed by atoms with Crippen molar-refractivity contribution < 1.29 is 0 Å². The van der Waals surface area contributed by atoms with Crippen LogP contribution in [0.5, 0.6) is 0 Å².